The lowest BCUT2D eigenvalue weighted by Gasteiger charge is -2.17. The molecule has 0 aliphatic carbocycles. The summed E-state index contributed by atoms with van der Waals surface area (Å²) in [6, 6.07) is -0.379. The molecule has 1 N–H and O–H groups in total. The summed E-state index contributed by atoms with van der Waals surface area (Å²) in [6.07, 6.45) is 1.32. The second-order valence-electron chi connectivity index (χ2n) is 5.91. The molecule has 0 aromatic carbocycles. The Labute approximate surface area is 162 Å². The number of carbonyl (C=O) groups is 1. The summed E-state index contributed by atoms with van der Waals surface area (Å²) in [6.45, 7) is 8.53. The fourth-order valence-electron chi connectivity index (χ4n) is 2.65. The summed E-state index contributed by atoms with van der Waals surface area (Å²) < 4.78 is 3.34. The van der Waals surface area contributed by atoms with E-state index in [-0.39, 0.29) is 11.9 Å². The number of carbonyl (C=O) groups excluding carboxylic acids is 1. The predicted molar refractivity (Wildman–Crippen MR) is 101 cm³/mol. The van der Waals surface area contributed by atoms with Gasteiger partial charge in [0.1, 0.15) is 16.2 Å². The lowest BCUT2D eigenvalue weighted by Crippen LogP contribution is -2.34. The van der Waals surface area contributed by atoms with Crippen LogP contribution in [0.5, 0.6) is 0 Å². The van der Waals surface area contributed by atoms with Gasteiger partial charge in [0.2, 0.25) is 5.91 Å². The number of hydrogen-bond acceptors (Lipinski definition) is 3. The minimum Gasteiger partial charge on any atom is -0.354 e. The first-order valence-electron chi connectivity index (χ1n) is 8.15. The van der Waals surface area contributed by atoms with Crippen molar-refractivity contribution in [3.8, 4) is 0 Å². The molecule has 1 amide bonds. The molecule has 0 spiro atoms. The molecule has 138 valence electrons. The number of amides is 1. The minimum absolute atomic E-state index is 0.0782. The molecular formula is C16H22Cl3N5O. The van der Waals surface area contributed by atoms with Gasteiger partial charge in [0, 0.05) is 13.1 Å². The Balaban J connectivity index is 1.92. The molecule has 0 fully saturated rings. The van der Waals surface area contributed by atoms with Crippen molar-refractivity contribution in [2.45, 2.75) is 53.1 Å². The normalized spacial score (nSPS) is 12.4. The van der Waals surface area contributed by atoms with E-state index < -0.39 is 0 Å². The summed E-state index contributed by atoms with van der Waals surface area (Å²) in [5.41, 5.74) is 2.23. The maximum absolute atomic E-state index is 12.5. The predicted octanol–water partition coefficient (Wildman–Crippen LogP) is 4.12. The van der Waals surface area contributed by atoms with Gasteiger partial charge in [-0.25, -0.2) is 0 Å². The van der Waals surface area contributed by atoms with Crippen molar-refractivity contribution in [1.82, 2.24) is 24.9 Å². The molecule has 0 aliphatic rings. The second kappa shape index (κ2) is 8.43. The van der Waals surface area contributed by atoms with Crippen LogP contribution in [0.4, 0.5) is 0 Å². The molecule has 2 rings (SSSR count). The Morgan fingerprint density at radius 2 is 1.76 bits per heavy atom. The first-order chi connectivity index (χ1) is 11.8. The highest BCUT2D eigenvalue weighted by molar-refractivity contribution is 6.41. The Bertz CT molecular complexity index is 768. The fourth-order valence-corrected chi connectivity index (χ4v) is 3.17. The number of aromatic nitrogens is 4. The molecule has 2 heterocycles. The number of rotatable bonds is 7. The quantitative estimate of drug-likeness (QED) is 0.703. The number of nitrogens with zero attached hydrogens (tertiary/aromatic N) is 4. The van der Waals surface area contributed by atoms with Gasteiger partial charge in [-0.15, -0.1) is 0 Å². The van der Waals surface area contributed by atoms with Gasteiger partial charge in [0.15, 0.2) is 0 Å². The highest BCUT2D eigenvalue weighted by atomic mass is 35.5. The van der Waals surface area contributed by atoms with Crippen LogP contribution in [0.15, 0.2) is 0 Å². The van der Waals surface area contributed by atoms with E-state index in [4.69, 9.17) is 34.8 Å². The van der Waals surface area contributed by atoms with Crippen LogP contribution in [0.25, 0.3) is 0 Å². The van der Waals surface area contributed by atoms with Crippen LogP contribution in [0.1, 0.15) is 42.9 Å². The maximum atomic E-state index is 12.5. The highest BCUT2D eigenvalue weighted by Gasteiger charge is 2.23. The van der Waals surface area contributed by atoms with Gasteiger partial charge in [0.25, 0.3) is 0 Å². The Kier molecular flexibility index (Phi) is 6.77. The van der Waals surface area contributed by atoms with Crippen molar-refractivity contribution in [2.75, 3.05) is 6.54 Å². The number of hydrogen-bond donors (Lipinski definition) is 1. The average Bonchev–Trinajstić information content (AvgIpc) is 2.97. The van der Waals surface area contributed by atoms with Crippen LogP contribution in [-0.4, -0.2) is 32.0 Å². The van der Waals surface area contributed by atoms with Gasteiger partial charge in [-0.3, -0.25) is 14.2 Å². The molecular weight excluding hydrogens is 385 g/mol. The SMILES string of the molecule is CCC(C(=O)NCCCn1nc(C)c(Cl)c1Cl)n1nc(C)c(Cl)c1C. The maximum Gasteiger partial charge on any atom is 0.244 e. The molecule has 1 unspecified atom stereocenters. The molecule has 0 saturated heterocycles. The van der Waals surface area contributed by atoms with Crippen LogP contribution in [-0.2, 0) is 11.3 Å². The third kappa shape index (κ3) is 4.30. The molecule has 0 aliphatic heterocycles. The molecule has 0 radical (unpaired) electrons. The van der Waals surface area contributed by atoms with Crippen LogP contribution in [0.2, 0.25) is 15.2 Å². The standard InChI is InChI=1S/C16H22Cl3N5O/c1-5-12(24-11(4)13(17)9(2)22-24)16(25)20-7-6-8-23-15(19)14(18)10(3)21-23/h12H,5-8H2,1-4H3,(H,20,25). The van der Waals surface area contributed by atoms with Crippen molar-refractivity contribution >= 4 is 40.7 Å². The van der Waals surface area contributed by atoms with Crippen molar-refractivity contribution in [1.29, 1.82) is 0 Å². The van der Waals surface area contributed by atoms with Crippen LogP contribution < -0.4 is 5.32 Å². The van der Waals surface area contributed by atoms with Crippen LogP contribution in [0.3, 0.4) is 0 Å². The lowest BCUT2D eigenvalue weighted by molar-refractivity contribution is -0.124. The molecule has 2 aromatic rings. The third-order valence-electron chi connectivity index (χ3n) is 4.06. The van der Waals surface area contributed by atoms with Gasteiger partial charge < -0.3 is 5.32 Å². The van der Waals surface area contributed by atoms with Crippen molar-refractivity contribution in [3.05, 3.63) is 32.3 Å². The summed E-state index contributed by atoms with van der Waals surface area (Å²) in [5.74, 6) is -0.0782. The topological polar surface area (TPSA) is 64.7 Å². The smallest absolute Gasteiger partial charge is 0.244 e. The fraction of sp³-hybridized carbons (Fsp3) is 0.562. The first kappa shape index (κ1) is 20.1. The Morgan fingerprint density at radius 1 is 1.12 bits per heavy atom. The average molecular weight is 407 g/mol. The Morgan fingerprint density at radius 3 is 2.24 bits per heavy atom. The minimum atomic E-state index is -0.379. The van der Waals surface area contributed by atoms with E-state index in [1.807, 2.05) is 20.8 Å². The van der Waals surface area contributed by atoms with Gasteiger partial charge in [-0.05, 0) is 33.6 Å². The van der Waals surface area contributed by atoms with Crippen molar-refractivity contribution < 1.29 is 4.79 Å². The zero-order chi connectivity index (χ0) is 18.7. The summed E-state index contributed by atoms with van der Waals surface area (Å²) >= 11 is 18.3. The second-order valence-corrected chi connectivity index (χ2v) is 7.03. The Hall–Kier alpha value is -1.24. The van der Waals surface area contributed by atoms with Gasteiger partial charge in [-0.1, -0.05) is 41.7 Å². The number of aryl methyl sites for hydroxylation is 3. The van der Waals surface area contributed by atoms with Crippen molar-refractivity contribution in [2.24, 2.45) is 0 Å². The molecule has 9 heteroatoms. The van der Waals surface area contributed by atoms with E-state index in [1.165, 1.54) is 0 Å². The molecule has 0 saturated carbocycles. The third-order valence-corrected chi connectivity index (χ3v) is 5.54. The van der Waals surface area contributed by atoms with Gasteiger partial charge >= 0.3 is 0 Å². The molecule has 1 atom stereocenters. The van der Waals surface area contributed by atoms with E-state index in [0.717, 1.165) is 11.4 Å². The summed E-state index contributed by atoms with van der Waals surface area (Å²) in [5, 5.41) is 13.1. The van der Waals surface area contributed by atoms with Gasteiger partial charge in [0.05, 0.1) is 22.1 Å². The molecule has 2 aromatic heterocycles. The zero-order valence-corrected chi connectivity index (χ0v) is 17.0. The van der Waals surface area contributed by atoms with Crippen LogP contribution in [0, 0.1) is 20.8 Å². The van der Waals surface area contributed by atoms with E-state index >= 15 is 0 Å². The van der Waals surface area contributed by atoms with Crippen molar-refractivity contribution in [3.63, 3.8) is 0 Å². The van der Waals surface area contributed by atoms with E-state index in [2.05, 4.69) is 15.5 Å². The van der Waals surface area contributed by atoms with Crippen LogP contribution >= 0.6 is 34.8 Å². The molecule has 25 heavy (non-hydrogen) atoms. The lowest BCUT2D eigenvalue weighted by atomic mass is 10.2. The monoisotopic (exact) mass is 405 g/mol. The first-order valence-corrected chi connectivity index (χ1v) is 9.28. The van der Waals surface area contributed by atoms with Gasteiger partial charge in [-0.2, -0.15) is 10.2 Å². The number of nitrogens with one attached hydrogen (secondary N) is 1. The largest absolute Gasteiger partial charge is 0.354 e. The van der Waals surface area contributed by atoms with E-state index in [9.17, 15) is 4.79 Å². The summed E-state index contributed by atoms with van der Waals surface area (Å²) in [7, 11) is 0. The molecule has 0 bridgehead atoms. The van der Waals surface area contributed by atoms with E-state index in [1.54, 1.807) is 16.3 Å². The molecule has 6 nitrogen and oxygen atoms in total. The highest BCUT2D eigenvalue weighted by Crippen LogP contribution is 2.25. The van der Waals surface area contributed by atoms with E-state index in [0.29, 0.717) is 46.8 Å². The number of halogens is 3. The summed E-state index contributed by atoms with van der Waals surface area (Å²) in [4.78, 5) is 12.5. The zero-order valence-electron chi connectivity index (χ0n) is 14.7.